The Balaban J connectivity index is 1.29. The largest absolute Gasteiger partial charge is 0.485 e. The van der Waals surface area contributed by atoms with Gasteiger partial charge in [-0.3, -0.25) is 4.79 Å². The van der Waals surface area contributed by atoms with Crippen molar-refractivity contribution in [1.29, 1.82) is 0 Å². The SMILES string of the molecule is CCc1nc(COc2ccc(C(=O)NCc3cnn(-c4ccc(Cl)cc4)c3)cc2)no1. The Kier molecular flexibility index (Phi) is 6.28. The number of halogens is 1. The second kappa shape index (κ2) is 9.44. The highest BCUT2D eigenvalue weighted by molar-refractivity contribution is 6.30. The molecule has 0 unspecified atom stereocenters. The number of benzene rings is 2. The van der Waals surface area contributed by atoms with Gasteiger partial charge in [-0.25, -0.2) is 4.68 Å². The molecule has 0 saturated heterocycles. The van der Waals surface area contributed by atoms with E-state index in [1.54, 1.807) is 47.3 Å². The van der Waals surface area contributed by atoms with Gasteiger partial charge < -0.3 is 14.6 Å². The van der Waals surface area contributed by atoms with Crippen molar-refractivity contribution in [3.05, 3.63) is 88.8 Å². The first-order chi connectivity index (χ1) is 15.1. The average Bonchev–Trinajstić information content (AvgIpc) is 3.46. The van der Waals surface area contributed by atoms with Gasteiger partial charge in [-0.05, 0) is 48.5 Å². The first-order valence-corrected chi connectivity index (χ1v) is 10.1. The zero-order valence-corrected chi connectivity index (χ0v) is 17.5. The standard InChI is InChI=1S/C22H20ClN5O3/c1-2-21-26-20(27-31-21)14-30-19-9-3-16(4-10-19)22(29)24-11-15-12-25-28(13-15)18-7-5-17(23)6-8-18/h3-10,12-13H,2,11,14H2,1H3,(H,24,29). The summed E-state index contributed by atoms with van der Waals surface area (Å²) in [5, 5.41) is 11.7. The molecular weight excluding hydrogens is 418 g/mol. The van der Waals surface area contributed by atoms with Crippen molar-refractivity contribution >= 4 is 17.5 Å². The Bertz CT molecular complexity index is 1150. The summed E-state index contributed by atoms with van der Waals surface area (Å²) in [6.45, 7) is 2.50. The Morgan fingerprint density at radius 3 is 2.65 bits per heavy atom. The normalized spacial score (nSPS) is 10.8. The van der Waals surface area contributed by atoms with E-state index in [1.807, 2.05) is 25.3 Å². The minimum Gasteiger partial charge on any atom is -0.485 e. The van der Waals surface area contributed by atoms with Gasteiger partial charge in [0.15, 0.2) is 6.61 Å². The van der Waals surface area contributed by atoms with Crippen molar-refractivity contribution in [2.24, 2.45) is 0 Å². The molecular formula is C22H20ClN5O3. The Hall–Kier alpha value is -3.65. The second-order valence-corrected chi connectivity index (χ2v) is 7.16. The lowest BCUT2D eigenvalue weighted by Crippen LogP contribution is -2.22. The van der Waals surface area contributed by atoms with Gasteiger partial charge >= 0.3 is 0 Å². The van der Waals surface area contributed by atoms with Crippen LogP contribution in [-0.2, 0) is 19.6 Å². The molecule has 1 N–H and O–H groups in total. The molecule has 0 aliphatic heterocycles. The van der Waals surface area contributed by atoms with Gasteiger partial charge in [-0.15, -0.1) is 0 Å². The van der Waals surface area contributed by atoms with Crippen molar-refractivity contribution in [2.45, 2.75) is 26.5 Å². The van der Waals surface area contributed by atoms with Crippen LogP contribution in [-0.4, -0.2) is 25.8 Å². The van der Waals surface area contributed by atoms with Gasteiger partial charge in [-0.1, -0.05) is 23.7 Å². The summed E-state index contributed by atoms with van der Waals surface area (Å²) in [5.41, 5.74) is 2.31. The van der Waals surface area contributed by atoms with Gasteiger partial charge in [0, 0.05) is 35.3 Å². The zero-order chi connectivity index (χ0) is 21.6. The van der Waals surface area contributed by atoms with Crippen LogP contribution in [0.1, 0.15) is 34.6 Å². The second-order valence-electron chi connectivity index (χ2n) is 6.72. The third kappa shape index (κ3) is 5.29. The van der Waals surface area contributed by atoms with Gasteiger partial charge in [0.25, 0.3) is 5.91 Å². The lowest BCUT2D eigenvalue weighted by molar-refractivity contribution is 0.0951. The molecule has 9 heteroatoms. The number of nitrogens with zero attached hydrogens (tertiary/aromatic N) is 4. The molecule has 0 atom stereocenters. The predicted molar refractivity (Wildman–Crippen MR) is 114 cm³/mol. The fourth-order valence-corrected chi connectivity index (χ4v) is 2.94. The van der Waals surface area contributed by atoms with Crippen LogP contribution in [0.15, 0.2) is 65.4 Å². The highest BCUT2D eigenvalue weighted by atomic mass is 35.5. The van der Waals surface area contributed by atoms with E-state index in [1.165, 1.54) is 0 Å². The molecule has 2 aromatic carbocycles. The first-order valence-electron chi connectivity index (χ1n) is 9.72. The third-order valence-corrected chi connectivity index (χ3v) is 4.73. The fourth-order valence-electron chi connectivity index (χ4n) is 2.81. The zero-order valence-electron chi connectivity index (χ0n) is 16.8. The average molecular weight is 438 g/mol. The lowest BCUT2D eigenvalue weighted by Gasteiger charge is -2.06. The molecule has 31 heavy (non-hydrogen) atoms. The van der Waals surface area contributed by atoms with Crippen molar-refractivity contribution in [1.82, 2.24) is 25.2 Å². The maximum absolute atomic E-state index is 12.4. The number of carbonyl (C=O) groups is 1. The number of hydrogen-bond acceptors (Lipinski definition) is 6. The highest BCUT2D eigenvalue weighted by Gasteiger charge is 2.09. The van der Waals surface area contributed by atoms with E-state index in [0.29, 0.717) is 41.0 Å². The van der Waals surface area contributed by atoms with Gasteiger partial charge in [0.05, 0.1) is 11.9 Å². The highest BCUT2D eigenvalue weighted by Crippen LogP contribution is 2.15. The molecule has 2 aromatic heterocycles. The number of aryl methyl sites for hydroxylation is 1. The summed E-state index contributed by atoms with van der Waals surface area (Å²) in [4.78, 5) is 16.6. The van der Waals surface area contributed by atoms with Crippen molar-refractivity contribution < 1.29 is 14.1 Å². The molecule has 0 aliphatic rings. The van der Waals surface area contributed by atoms with E-state index >= 15 is 0 Å². The minimum atomic E-state index is -0.184. The van der Waals surface area contributed by atoms with Gasteiger partial charge in [0.1, 0.15) is 5.75 Å². The van der Waals surface area contributed by atoms with Crippen molar-refractivity contribution in [3.8, 4) is 11.4 Å². The number of nitrogens with one attached hydrogen (secondary N) is 1. The molecule has 158 valence electrons. The number of carbonyl (C=O) groups excluding carboxylic acids is 1. The molecule has 2 heterocycles. The molecule has 0 fully saturated rings. The smallest absolute Gasteiger partial charge is 0.251 e. The molecule has 0 radical (unpaired) electrons. The number of aromatic nitrogens is 4. The Morgan fingerprint density at radius 1 is 1.16 bits per heavy atom. The van der Waals surface area contributed by atoms with Gasteiger partial charge in [0.2, 0.25) is 11.7 Å². The Labute approximate surface area is 183 Å². The first kappa shape index (κ1) is 20.6. The summed E-state index contributed by atoms with van der Waals surface area (Å²) >= 11 is 5.91. The van der Waals surface area contributed by atoms with E-state index in [9.17, 15) is 4.79 Å². The van der Waals surface area contributed by atoms with Crippen LogP contribution in [0, 0.1) is 0 Å². The van der Waals surface area contributed by atoms with Crippen LogP contribution in [0.25, 0.3) is 5.69 Å². The quantitative estimate of drug-likeness (QED) is 0.448. The molecule has 0 spiro atoms. The van der Waals surface area contributed by atoms with Crippen LogP contribution in [0.5, 0.6) is 5.75 Å². The number of hydrogen-bond donors (Lipinski definition) is 1. The number of ether oxygens (including phenoxy) is 1. The predicted octanol–water partition coefficient (Wildman–Crippen LogP) is 3.98. The third-order valence-electron chi connectivity index (χ3n) is 4.48. The van der Waals surface area contributed by atoms with Gasteiger partial charge in [-0.2, -0.15) is 10.1 Å². The molecule has 0 saturated carbocycles. The molecule has 8 nitrogen and oxygen atoms in total. The van der Waals surface area contributed by atoms with Crippen LogP contribution in [0.4, 0.5) is 0 Å². The lowest BCUT2D eigenvalue weighted by atomic mass is 10.2. The maximum atomic E-state index is 12.4. The summed E-state index contributed by atoms with van der Waals surface area (Å²) < 4.78 is 12.4. The number of rotatable bonds is 8. The maximum Gasteiger partial charge on any atom is 0.251 e. The molecule has 4 rings (SSSR count). The molecule has 0 aliphatic carbocycles. The van der Waals surface area contributed by atoms with E-state index in [-0.39, 0.29) is 12.5 Å². The van der Waals surface area contributed by atoms with E-state index in [0.717, 1.165) is 11.3 Å². The summed E-state index contributed by atoms with van der Waals surface area (Å²) in [7, 11) is 0. The summed E-state index contributed by atoms with van der Waals surface area (Å²) in [6.07, 6.45) is 4.26. The fraction of sp³-hybridized carbons (Fsp3) is 0.182. The topological polar surface area (TPSA) is 95.1 Å². The van der Waals surface area contributed by atoms with Crippen LogP contribution in [0.2, 0.25) is 5.02 Å². The Morgan fingerprint density at radius 2 is 1.94 bits per heavy atom. The number of amides is 1. The molecule has 4 aromatic rings. The summed E-state index contributed by atoms with van der Waals surface area (Å²) in [5.74, 6) is 1.49. The van der Waals surface area contributed by atoms with E-state index < -0.39 is 0 Å². The monoisotopic (exact) mass is 437 g/mol. The molecule has 1 amide bonds. The molecule has 0 bridgehead atoms. The van der Waals surface area contributed by atoms with E-state index in [2.05, 4.69) is 20.6 Å². The van der Waals surface area contributed by atoms with Crippen LogP contribution < -0.4 is 10.1 Å². The van der Waals surface area contributed by atoms with Crippen molar-refractivity contribution in [3.63, 3.8) is 0 Å². The van der Waals surface area contributed by atoms with Crippen molar-refractivity contribution in [2.75, 3.05) is 0 Å². The van der Waals surface area contributed by atoms with Crippen LogP contribution >= 0.6 is 11.6 Å². The summed E-state index contributed by atoms with van der Waals surface area (Å²) in [6, 6.07) is 14.2. The van der Waals surface area contributed by atoms with E-state index in [4.69, 9.17) is 20.9 Å². The minimum absolute atomic E-state index is 0.184. The van der Waals surface area contributed by atoms with Crippen LogP contribution in [0.3, 0.4) is 0 Å².